The molecule has 1 aliphatic carbocycles. The first-order chi connectivity index (χ1) is 31.1. The Labute approximate surface area is 409 Å². The summed E-state index contributed by atoms with van der Waals surface area (Å²) < 4.78 is 11.0. The predicted molar refractivity (Wildman–Crippen MR) is 266 cm³/mol. The van der Waals surface area contributed by atoms with Gasteiger partial charge in [0.05, 0.1) is 7.11 Å². The maximum Gasteiger partial charge on any atom is 2.00 e. The molecule has 0 spiro atoms. The number of carbonyl (C=O) groups excluding carboxylic acids is 3. The molecule has 3 aliphatic rings. The van der Waals surface area contributed by atoms with Gasteiger partial charge >= 0.3 is 35.0 Å². The van der Waals surface area contributed by atoms with Gasteiger partial charge in [-0.3, -0.25) is 14.4 Å². The Hall–Kier alpha value is -4.32. The number of methoxy groups -OCH3 is 1. The number of hydrogen-bond donors (Lipinski definition) is 1. The molecule has 11 heteroatoms. The van der Waals surface area contributed by atoms with E-state index in [4.69, 9.17) is 29.7 Å². The number of aliphatic hydroxyl groups excluding tert-OH is 1. The first-order valence-electron chi connectivity index (χ1n) is 24.2. The zero-order chi connectivity index (χ0) is 47.1. The number of carbonyl (C=O) groups is 3. The summed E-state index contributed by atoms with van der Waals surface area (Å²) >= 11 is 0. The summed E-state index contributed by atoms with van der Waals surface area (Å²) in [7, 11) is 1.29. The molecule has 1 fully saturated rings. The standard InChI is InChI=1S/C55H73N4O6.Mg/c1-12-39-35(7)42-27-44-37(9)41(23-24-48(61)65-26-25-33(5)21-15-19-31(3)17-14-18-32(4)20-16-22-34(6)30-60)52(58-44)50-51(55(63)64-11)54(62)49-38(10)45(59-53(49)50)29-47-40(13-2)36(8)43(57-47)28-46(39)56-42;/h12,25,27-29,31-32,34,37,41,51,60H,1,13-24,26,30H2,2-11H3,(H-,58,59,62);/q-3;+2/p-1/b33-25+,43-28-,44-27-,47-29-;/t31-,32+,34+,37+,41+,51-;/m1./s1. The third-order valence-corrected chi connectivity index (χ3v) is 14.4. The van der Waals surface area contributed by atoms with Crippen LogP contribution in [0.4, 0.5) is 0 Å². The Morgan fingerprint density at radius 2 is 1.48 bits per heavy atom. The van der Waals surface area contributed by atoms with E-state index >= 15 is 0 Å². The topological polar surface area (TPSA) is 146 Å². The van der Waals surface area contributed by atoms with Crippen LogP contribution in [-0.2, 0) is 25.5 Å². The molecule has 1 saturated heterocycles. The number of Topliss-reactive ketones (excluding diaryl/α,β-unsaturated/α-hetero) is 1. The molecule has 6 rings (SSSR count). The first kappa shape index (κ1) is 52.6. The number of ketones is 1. The fourth-order valence-corrected chi connectivity index (χ4v) is 10.1. The second-order valence-electron chi connectivity index (χ2n) is 19.3. The van der Waals surface area contributed by atoms with E-state index in [1.165, 1.54) is 51.2 Å². The molecule has 6 atom stereocenters. The SMILES string of the molecule is C=Cc1c2[n-]c(c1C)/C=C1\[N-]/C(=C3\c4[n-]c(c(C)c4C(=O)[C@@H]3C(=O)OC)/C=c3\[n-]/c(c(C)c3CC)=C\2)[C@@H](CCC(=O)OC/C=C(\C)CCC[C@H](C)CCC[C@H](C)CCC[C@H](C)CO)[C@@H]1C.[Mg+2]. The van der Waals surface area contributed by atoms with E-state index in [9.17, 15) is 19.5 Å². The maximum absolute atomic E-state index is 14.4. The van der Waals surface area contributed by atoms with E-state index in [2.05, 4.69) is 55.0 Å². The Morgan fingerprint density at radius 3 is 2.12 bits per heavy atom. The molecule has 0 unspecified atom stereocenters. The zero-order valence-electron chi connectivity index (χ0n) is 41.4. The number of ether oxygens (including phenoxy) is 2. The van der Waals surface area contributed by atoms with Crippen LogP contribution >= 0.6 is 0 Å². The van der Waals surface area contributed by atoms with Crippen LogP contribution in [0.5, 0.6) is 0 Å². The molecule has 10 nitrogen and oxygen atoms in total. The van der Waals surface area contributed by atoms with Gasteiger partial charge < -0.3 is 34.8 Å². The van der Waals surface area contributed by atoms with Crippen LogP contribution in [0.25, 0.3) is 35.2 Å². The fourth-order valence-electron chi connectivity index (χ4n) is 10.1. The van der Waals surface area contributed by atoms with E-state index in [0.717, 1.165) is 81.6 Å². The van der Waals surface area contributed by atoms with Crippen molar-refractivity contribution in [3.8, 4) is 0 Å². The monoisotopic (exact) mass is 909 g/mol. The summed E-state index contributed by atoms with van der Waals surface area (Å²) in [6.07, 6.45) is 21.6. The second-order valence-corrected chi connectivity index (χ2v) is 19.3. The van der Waals surface area contributed by atoms with Gasteiger partial charge in [-0.25, -0.2) is 0 Å². The molecule has 352 valence electrons. The van der Waals surface area contributed by atoms with Crippen LogP contribution in [-0.4, -0.2) is 66.2 Å². The average Bonchev–Trinajstić information content (AvgIpc) is 4.02. The van der Waals surface area contributed by atoms with Crippen LogP contribution < -0.4 is 25.7 Å². The van der Waals surface area contributed by atoms with Crippen LogP contribution in [0.1, 0.15) is 173 Å². The summed E-state index contributed by atoms with van der Waals surface area (Å²) in [5.41, 5.74) is 10.6. The van der Waals surface area contributed by atoms with Gasteiger partial charge in [-0.15, -0.1) is 33.5 Å². The Morgan fingerprint density at radius 1 is 0.848 bits per heavy atom. The van der Waals surface area contributed by atoms with Gasteiger partial charge in [-0.1, -0.05) is 137 Å². The van der Waals surface area contributed by atoms with Gasteiger partial charge in [0, 0.05) is 18.6 Å². The number of rotatable bonds is 21. The van der Waals surface area contributed by atoms with Crippen molar-refractivity contribution in [3.05, 3.63) is 102 Å². The average molecular weight is 910 g/mol. The molecule has 5 heterocycles. The molecule has 2 aliphatic heterocycles. The molecule has 0 aromatic carbocycles. The molecule has 0 saturated carbocycles. The zero-order valence-corrected chi connectivity index (χ0v) is 42.9. The van der Waals surface area contributed by atoms with Gasteiger partial charge in [0.2, 0.25) is 0 Å². The van der Waals surface area contributed by atoms with Gasteiger partial charge in [0.1, 0.15) is 12.5 Å². The van der Waals surface area contributed by atoms with Gasteiger partial charge in [0.15, 0.2) is 5.78 Å². The first-order valence-corrected chi connectivity index (χ1v) is 24.2. The molecular formula is C55H72MgN4O6-2. The molecule has 0 amide bonds. The third-order valence-electron chi connectivity index (χ3n) is 14.4. The molecule has 8 bridgehead atoms. The van der Waals surface area contributed by atoms with Crippen molar-refractivity contribution in [1.82, 2.24) is 15.0 Å². The van der Waals surface area contributed by atoms with Crippen LogP contribution in [0.3, 0.4) is 0 Å². The fraction of sp³-hybridized carbons (Fsp3) is 0.545. The van der Waals surface area contributed by atoms with Crippen LogP contribution in [0.15, 0.2) is 29.6 Å². The quantitative estimate of drug-likeness (QED) is 0.0478. The van der Waals surface area contributed by atoms with Gasteiger partial charge in [-0.05, 0) is 101 Å². The van der Waals surface area contributed by atoms with E-state index in [1.54, 1.807) is 0 Å². The number of aliphatic hydroxyl groups is 1. The normalized spacial score (nSPS) is 21.9. The van der Waals surface area contributed by atoms with Crippen molar-refractivity contribution in [2.75, 3.05) is 20.3 Å². The summed E-state index contributed by atoms with van der Waals surface area (Å²) in [6.45, 7) is 23.7. The summed E-state index contributed by atoms with van der Waals surface area (Å²) in [5, 5.41) is 16.1. The number of hydrogen-bond acceptors (Lipinski definition) is 6. The maximum atomic E-state index is 14.4. The number of fused-ring (bicyclic) bond motifs is 7. The Bertz CT molecular complexity index is 2480. The third kappa shape index (κ3) is 11.7. The minimum Gasteiger partial charge on any atom is -0.664 e. The number of nitrogens with zero attached hydrogens (tertiary/aromatic N) is 4. The largest absolute Gasteiger partial charge is 2.00 e. The minimum absolute atomic E-state index is 0. The van der Waals surface area contributed by atoms with Crippen molar-refractivity contribution in [2.24, 2.45) is 35.5 Å². The molecule has 0 radical (unpaired) electrons. The molecular weight excluding hydrogens is 837 g/mol. The van der Waals surface area contributed by atoms with Crippen molar-refractivity contribution in [2.45, 2.75) is 139 Å². The number of esters is 2. The van der Waals surface area contributed by atoms with Crippen molar-refractivity contribution in [1.29, 1.82) is 0 Å². The van der Waals surface area contributed by atoms with E-state index < -0.39 is 11.9 Å². The number of aromatic nitrogens is 3. The predicted octanol–water partition coefficient (Wildman–Crippen LogP) is 9.34. The van der Waals surface area contributed by atoms with Crippen LogP contribution in [0, 0.1) is 56.3 Å². The molecule has 3 aromatic rings. The minimum atomic E-state index is -1.23. The summed E-state index contributed by atoms with van der Waals surface area (Å²) in [5.74, 6) is -1.26. The van der Waals surface area contributed by atoms with Crippen molar-refractivity contribution < 1.29 is 29.0 Å². The smallest absolute Gasteiger partial charge is 0.664 e. The van der Waals surface area contributed by atoms with Crippen LogP contribution in [0.2, 0.25) is 0 Å². The molecule has 66 heavy (non-hydrogen) atoms. The van der Waals surface area contributed by atoms with E-state index in [1.807, 2.05) is 44.2 Å². The van der Waals surface area contributed by atoms with Gasteiger partial charge in [-0.2, -0.15) is 11.4 Å². The summed E-state index contributed by atoms with van der Waals surface area (Å²) in [6, 6.07) is 0. The van der Waals surface area contributed by atoms with Crippen molar-refractivity contribution >= 4 is 70.7 Å². The summed E-state index contributed by atoms with van der Waals surface area (Å²) in [4.78, 5) is 56.6. The van der Waals surface area contributed by atoms with Gasteiger partial charge in [0.25, 0.3) is 0 Å². The molecule has 1 N–H and O–H groups in total. The van der Waals surface area contributed by atoms with E-state index in [0.29, 0.717) is 52.0 Å². The number of allylic oxidation sites excluding steroid dienone is 3. The van der Waals surface area contributed by atoms with Crippen molar-refractivity contribution in [3.63, 3.8) is 0 Å². The Balaban J connectivity index is 0.00000817. The molecule has 3 aromatic heterocycles. The Kier molecular flexibility index (Phi) is 18.8. The second kappa shape index (κ2) is 23.6. The van der Waals surface area contributed by atoms with E-state index in [-0.39, 0.29) is 66.3 Å².